The first-order valence-electron chi connectivity index (χ1n) is 5.44. The van der Waals surface area contributed by atoms with Crippen molar-refractivity contribution in [1.29, 1.82) is 0 Å². The van der Waals surface area contributed by atoms with E-state index in [1.54, 1.807) is 18.2 Å². The van der Waals surface area contributed by atoms with Gasteiger partial charge in [-0.15, -0.1) is 11.3 Å². The van der Waals surface area contributed by atoms with Crippen LogP contribution in [-0.4, -0.2) is 10.8 Å². The molecule has 0 atom stereocenters. The summed E-state index contributed by atoms with van der Waals surface area (Å²) in [5, 5.41) is 13.4. The van der Waals surface area contributed by atoms with E-state index in [0.29, 0.717) is 9.90 Å². The van der Waals surface area contributed by atoms with Gasteiger partial charge >= 0.3 is 0 Å². The highest BCUT2D eigenvalue weighted by molar-refractivity contribution is 7.20. The number of amides is 1. The zero-order valence-electron chi connectivity index (χ0n) is 9.93. The normalized spacial score (nSPS) is 10.3. The summed E-state index contributed by atoms with van der Waals surface area (Å²) in [5.74, 6) is -0.420. The largest absolute Gasteiger partial charge is 0.348 e. The van der Waals surface area contributed by atoms with E-state index in [1.165, 1.54) is 12.1 Å². The van der Waals surface area contributed by atoms with Gasteiger partial charge in [0.15, 0.2) is 0 Å². The first-order valence-corrected chi connectivity index (χ1v) is 7.01. The maximum Gasteiger partial charge on any atom is 0.274 e. The monoisotopic (exact) mass is 330 g/mol. The molecule has 0 bridgehead atoms. The lowest BCUT2D eigenvalue weighted by Crippen LogP contribution is -2.23. The fourth-order valence-electron chi connectivity index (χ4n) is 1.60. The molecule has 1 aromatic heterocycles. The number of carbonyl (C=O) groups excluding carboxylic acids is 1. The molecule has 0 aliphatic rings. The van der Waals surface area contributed by atoms with Crippen molar-refractivity contribution in [3.63, 3.8) is 0 Å². The summed E-state index contributed by atoms with van der Waals surface area (Å²) < 4.78 is 0.695. The zero-order chi connectivity index (χ0) is 14.7. The SMILES string of the molecule is O=C(NCc1ccccc1[N+](=O)[O-])c1cc(Cl)sc1Cl. The van der Waals surface area contributed by atoms with Crippen LogP contribution in [0.15, 0.2) is 30.3 Å². The number of nitro benzene ring substituents is 1. The summed E-state index contributed by atoms with van der Waals surface area (Å²) in [6.07, 6.45) is 0. The Morgan fingerprint density at radius 3 is 2.65 bits per heavy atom. The van der Waals surface area contributed by atoms with Crippen LogP contribution in [0.4, 0.5) is 5.69 Å². The average molecular weight is 331 g/mol. The van der Waals surface area contributed by atoms with E-state index in [-0.39, 0.29) is 22.1 Å². The molecule has 104 valence electrons. The molecular weight excluding hydrogens is 323 g/mol. The predicted octanol–water partition coefficient (Wildman–Crippen LogP) is 3.89. The number of rotatable bonds is 4. The lowest BCUT2D eigenvalue weighted by molar-refractivity contribution is -0.385. The van der Waals surface area contributed by atoms with Crippen molar-refractivity contribution in [2.45, 2.75) is 6.54 Å². The van der Waals surface area contributed by atoms with Gasteiger partial charge in [-0.25, -0.2) is 0 Å². The van der Waals surface area contributed by atoms with Crippen molar-refractivity contribution in [1.82, 2.24) is 5.32 Å². The van der Waals surface area contributed by atoms with Gasteiger partial charge in [0.05, 0.1) is 14.8 Å². The first-order chi connectivity index (χ1) is 9.49. The van der Waals surface area contributed by atoms with E-state index in [0.717, 1.165) is 11.3 Å². The molecule has 2 aromatic rings. The molecule has 2 rings (SSSR count). The Hall–Kier alpha value is -1.63. The number of benzene rings is 1. The van der Waals surface area contributed by atoms with Crippen LogP contribution in [0.5, 0.6) is 0 Å². The molecule has 0 saturated carbocycles. The van der Waals surface area contributed by atoms with Crippen LogP contribution in [-0.2, 0) is 6.54 Å². The molecule has 0 aliphatic carbocycles. The Morgan fingerprint density at radius 1 is 1.35 bits per heavy atom. The molecule has 0 saturated heterocycles. The molecule has 5 nitrogen and oxygen atoms in total. The van der Waals surface area contributed by atoms with Gasteiger partial charge in [-0.05, 0) is 6.07 Å². The van der Waals surface area contributed by atoms with Gasteiger partial charge in [-0.2, -0.15) is 0 Å². The number of thiophene rings is 1. The lowest BCUT2D eigenvalue weighted by atomic mass is 10.2. The molecule has 0 unspecified atom stereocenters. The molecular formula is C12H8Cl2N2O3S. The Morgan fingerprint density at radius 2 is 2.05 bits per heavy atom. The van der Waals surface area contributed by atoms with Crippen LogP contribution >= 0.6 is 34.5 Å². The third-order valence-electron chi connectivity index (χ3n) is 2.53. The van der Waals surface area contributed by atoms with Gasteiger partial charge in [0.25, 0.3) is 11.6 Å². The van der Waals surface area contributed by atoms with Crippen molar-refractivity contribution in [3.8, 4) is 0 Å². The molecule has 0 spiro atoms. The van der Waals surface area contributed by atoms with Gasteiger partial charge in [0, 0.05) is 18.2 Å². The standard InChI is InChI=1S/C12H8Cl2N2O3S/c13-10-5-8(11(14)20-10)12(17)15-6-7-3-1-2-4-9(7)16(18)19/h1-5H,6H2,(H,15,17). The van der Waals surface area contributed by atoms with Crippen LogP contribution in [0.25, 0.3) is 0 Å². The van der Waals surface area contributed by atoms with Gasteiger partial charge < -0.3 is 5.32 Å². The Kier molecular flexibility index (Phi) is 4.59. The van der Waals surface area contributed by atoms with Crippen LogP contribution in [0, 0.1) is 10.1 Å². The van der Waals surface area contributed by atoms with Crippen LogP contribution in [0.1, 0.15) is 15.9 Å². The summed E-state index contributed by atoms with van der Waals surface area (Å²) in [6.45, 7) is 0.0414. The number of nitro groups is 1. The number of carbonyl (C=O) groups is 1. The van der Waals surface area contributed by atoms with Gasteiger partial charge in [0.1, 0.15) is 4.34 Å². The van der Waals surface area contributed by atoms with Crippen molar-refractivity contribution < 1.29 is 9.72 Å². The molecule has 1 N–H and O–H groups in total. The zero-order valence-corrected chi connectivity index (χ0v) is 12.3. The van der Waals surface area contributed by atoms with E-state index < -0.39 is 10.8 Å². The number of hydrogen-bond acceptors (Lipinski definition) is 4. The van der Waals surface area contributed by atoms with Crippen molar-refractivity contribution in [2.75, 3.05) is 0 Å². The van der Waals surface area contributed by atoms with E-state index in [4.69, 9.17) is 23.2 Å². The minimum absolute atomic E-state index is 0.0396. The van der Waals surface area contributed by atoms with E-state index >= 15 is 0 Å². The highest BCUT2D eigenvalue weighted by Gasteiger charge is 2.16. The molecule has 8 heteroatoms. The van der Waals surface area contributed by atoms with E-state index in [2.05, 4.69) is 5.32 Å². The summed E-state index contributed by atoms with van der Waals surface area (Å²) in [5.41, 5.74) is 0.644. The molecule has 0 radical (unpaired) electrons. The highest BCUT2D eigenvalue weighted by atomic mass is 35.5. The van der Waals surface area contributed by atoms with Crippen molar-refractivity contribution >= 4 is 46.1 Å². The minimum Gasteiger partial charge on any atom is -0.348 e. The fourth-order valence-corrected chi connectivity index (χ4v) is 3.06. The molecule has 20 heavy (non-hydrogen) atoms. The van der Waals surface area contributed by atoms with Crippen LogP contribution in [0.3, 0.4) is 0 Å². The molecule has 1 aromatic carbocycles. The highest BCUT2D eigenvalue weighted by Crippen LogP contribution is 2.31. The Balaban J connectivity index is 2.11. The molecule has 1 heterocycles. The summed E-state index contributed by atoms with van der Waals surface area (Å²) in [7, 11) is 0. The smallest absolute Gasteiger partial charge is 0.274 e. The minimum atomic E-state index is -0.490. The van der Waals surface area contributed by atoms with Gasteiger partial charge in [0.2, 0.25) is 0 Å². The second kappa shape index (κ2) is 6.21. The van der Waals surface area contributed by atoms with Gasteiger partial charge in [-0.1, -0.05) is 41.4 Å². The molecule has 1 amide bonds. The van der Waals surface area contributed by atoms with Crippen LogP contribution < -0.4 is 5.32 Å². The number of nitrogens with one attached hydrogen (secondary N) is 1. The third-order valence-corrected chi connectivity index (χ3v) is 4.02. The predicted molar refractivity (Wildman–Crippen MR) is 78.6 cm³/mol. The number of para-hydroxylation sites is 1. The summed E-state index contributed by atoms with van der Waals surface area (Å²) >= 11 is 12.7. The van der Waals surface area contributed by atoms with Crippen LogP contribution in [0.2, 0.25) is 8.67 Å². The quantitative estimate of drug-likeness (QED) is 0.682. The summed E-state index contributed by atoms with van der Waals surface area (Å²) in [6, 6.07) is 7.67. The van der Waals surface area contributed by atoms with Crippen molar-refractivity contribution in [3.05, 3.63) is 60.2 Å². The Labute approximate surface area is 128 Å². The molecule has 0 aliphatic heterocycles. The lowest BCUT2D eigenvalue weighted by Gasteiger charge is -2.05. The second-order valence-corrected chi connectivity index (χ2v) is 6.09. The topological polar surface area (TPSA) is 72.2 Å². The van der Waals surface area contributed by atoms with Crippen molar-refractivity contribution in [2.24, 2.45) is 0 Å². The molecule has 0 fully saturated rings. The second-order valence-electron chi connectivity index (χ2n) is 3.81. The average Bonchev–Trinajstić information content (AvgIpc) is 2.75. The summed E-state index contributed by atoms with van der Waals surface area (Å²) in [4.78, 5) is 22.3. The number of nitrogens with zero attached hydrogens (tertiary/aromatic N) is 1. The Bertz CT molecular complexity index is 672. The first kappa shape index (κ1) is 14.8. The number of hydrogen-bond donors (Lipinski definition) is 1. The fraction of sp³-hybridized carbons (Fsp3) is 0.0833. The number of halogens is 2. The maximum absolute atomic E-state index is 11.9. The van der Waals surface area contributed by atoms with E-state index in [1.807, 2.05) is 0 Å². The maximum atomic E-state index is 11.9. The third kappa shape index (κ3) is 3.27. The van der Waals surface area contributed by atoms with E-state index in [9.17, 15) is 14.9 Å². The van der Waals surface area contributed by atoms with Gasteiger partial charge in [-0.3, -0.25) is 14.9 Å².